The van der Waals surface area contributed by atoms with Crippen molar-refractivity contribution >= 4 is 72.0 Å². The van der Waals surface area contributed by atoms with Gasteiger partial charge in [0.05, 0.1) is 0 Å². The Labute approximate surface area is 191 Å². The number of aromatic nitrogens is 1. The number of para-hydroxylation sites is 2. The number of pyridine rings is 1. The molecule has 148 valence electrons. The number of hydrogen-bond donors (Lipinski definition) is 0. The fourth-order valence-electron chi connectivity index (χ4n) is 3.92. The van der Waals surface area contributed by atoms with Crippen LogP contribution in [0.4, 0.5) is 15.9 Å². The maximum atomic E-state index is 12.7. The summed E-state index contributed by atoms with van der Waals surface area (Å²) in [6, 6.07) is 22.9. The van der Waals surface area contributed by atoms with Crippen molar-refractivity contribution in [3.63, 3.8) is 0 Å². The van der Waals surface area contributed by atoms with Crippen molar-refractivity contribution < 1.29 is 9.59 Å². The molecule has 2 aliphatic rings. The molecular formula is C25H14N2O2Se2. The van der Waals surface area contributed by atoms with Gasteiger partial charge in [-0.1, -0.05) is 0 Å². The average molecular weight is 532 g/mol. The van der Waals surface area contributed by atoms with Gasteiger partial charge in [-0.25, -0.2) is 0 Å². The molecule has 0 unspecified atom stereocenters. The number of ketones is 2. The Bertz CT molecular complexity index is 1340. The zero-order valence-corrected chi connectivity index (χ0v) is 19.5. The van der Waals surface area contributed by atoms with Crippen molar-refractivity contribution in [3.05, 3.63) is 100 Å². The number of anilines is 3. The summed E-state index contributed by atoms with van der Waals surface area (Å²) >= 11 is 0.252. The monoisotopic (exact) mass is 534 g/mol. The Morgan fingerprint density at radius 3 is 2.16 bits per heavy atom. The van der Waals surface area contributed by atoms with Crippen LogP contribution < -0.4 is 13.8 Å². The topological polar surface area (TPSA) is 50.3 Å². The molecule has 6 rings (SSSR count). The van der Waals surface area contributed by atoms with E-state index in [9.17, 15) is 9.59 Å². The van der Waals surface area contributed by atoms with Gasteiger partial charge in [0.2, 0.25) is 0 Å². The minimum absolute atomic E-state index is 0.0227. The van der Waals surface area contributed by atoms with Gasteiger partial charge in [-0.3, -0.25) is 0 Å². The van der Waals surface area contributed by atoms with Gasteiger partial charge < -0.3 is 0 Å². The number of Topliss-reactive ketones (excluding diaryl/α,β-unsaturated/α-hetero) is 2. The molecule has 0 saturated heterocycles. The molecule has 3 heterocycles. The Morgan fingerprint density at radius 2 is 1.45 bits per heavy atom. The van der Waals surface area contributed by atoms with Crippen LogP contribution in [0.3, 0.4) is 0 Å². The predicted molar refractivity (Wildman–Crippen MR) is 124 cm³/mol. The van der Waals surface area contributed by atoms with E-state index in [0.717, 1.165) is 4.44 Å². The van der Waals surface area contributed by atoms with Crippen LogP contribution in [0.5, 0.6) is 0 Å². The van der Waals surface area contributed by atoms with Gasteiger partial charge in [0.25, 0.3) is 0 Å². The summed E-state index contributed by atoms with van der Waals surface area (Å²) in [6.45, 7) is 0. The van der Waals surface area contributed by atoms with E-state index in [2.05, 4.69) is 64.5 Å². The van der Waals surface area contributed by atoms with Gasteiger partial charge in [-0.15, -0.1) is 0 Å². The van der Waals surface area contributed by atoms with Crippen LogP contribution in [0, 0.1) is 0 Å². The van der Waals surface area contributed by atoms with Gasteiger partial charge >= 0.3 is 192 Å². The number of hydrogen-bond acceptors (Lipinski definition) is 4. The number of benzene rings is 2. The first kappa shape index (κ1) is 18.7. The van der Waals surface area contributed by atoms with Crippen molar-refractivity contribution in [1.29, 1.82) is 0 Å². The zero-order valence-electron chi connectivity index (χ0n) is 16.1. The molecule has 0 atom stereocenters. The van der Waals surface area contributed by atoms with Gasteiger partial charge in [0, 0.05) is 0 Å². The summed E-state index contributed by atoms with van der Waals surface area (Å²) in [5, 5.41) is 0. The van der Waals surface area contributed by atoms with Crippen molar-refractivity contribution in [2.24, 2.45) is 0 Å². The van der Waals surface area contributed by atoms with E-state index in [4.69, 9.17) is 0 Å². The van der Waals surface area contributed by atoms with E-state index in [1.54, 1.807) is 18.3 Å². The summed E-state index contributed by atoms with van der Waals surface area (Å²) in [6.07, 6.45) is 4.82. The molecule has 0 amide bonds. The van der Waals surface area contributed by atoms with Gasteiger partial charge in [0.15, 0.2) is 0 Å². The number of allylic oxidation sites excluding steroid dienone is 1. The fraction of sp³-hybridized carbons (Fsp3) is 0. The molecule has 1 aliphatic heterocycles. The van der Waals surface area contributed by atoms with E-state index in [1.807, 2.05) is 6.07 Å². The number of carbonyl (C=O) groups is 2. The molecule has 0 fully saturated rings. The number of nitrogens with zero attached hydrogens (tertiary/aromatic N) is 2. The number of fused-ring (bicyclic) bond motifs is 3. The summed E-state index contributed by atoms with van der Waals surface area (Å²) < 4.78 is 4.94. The molecule has 4 aromatic rings. The van der Waals surface area contributed by atoms with E-state index in [-0.39, 0.29) is 46.6 Å². The second-order valence-corrected chi connectivity index (χ2v) is 11.8. The van der Waals surface area contributed by atoms with Crippen LogP contribution in [-0.2, 0) is 0 Å². The third-order valence-corrected chi connectivity index (χ3v) is 9.86. The van der Waals surface area contributed by atoms with Crippen molar-refractivity contribution in [2.75, 3.05) is 4.90 Å². The quantitative estimate of drug-likeness (QED) is 0.199. The average Bonchev–Trinajstić information content (AvgIpc) is 3.36. The molecule has 2 aromatic carbocycles. The SMILES string of the molecule is O=C1/C(=C\c2ccc(N3c4ccccc4[Se]c4ccccc43)[se]2)C(=O)c2cnccc21. The van der Waals surface area contributed by atoms with E-state index in [0.29, 0.717) is 11.1 Å². The molecule has 4 nitrogen and oxygen atoms in total. The Hall–Kier alpha value is -3.01. The third-order valence-electron chi connectivity index (χ3n) is 5.35. The third kappa shape index (κ3) is 3.00. The zero-order chi connectivity index (χ0) is 20.9. The first-order valence-electron chi connectivity index (χ1n) is 9.72. The van der Waals surface area contributed by atoms with Crippen LogP contribution in [0.15, 0.2) is 84.7 Å². The van der Waals surface area contributed by atoms with Crippen LogP contribution in [-0.4, -0.2) is 46.0 Å². The first-order chi connectivity index (χ1) is 15.2. The second kappa shape index (κ2) is 7.29. The molecule has 0 spiro atoms. The van der Waals surface area contributed by atoms with E-state index < -0.39 is 0 Å². The van der Waals surface area contributed by atoms with Gasteiger partial charge in [-0.2, -0.15) is 0 Å². The van der Waals surface area contributed by atoms with Crippen LogP contribution in [0.1, 0.15) is 25.2 Å². The van der Waals surface area contributed by atoms with Crippen molar-refractivity contribution in [3.8, 4) is 0 Å². The molecule has 1 aliphatic carbocycles. The van der Waals surface area contributed by atoms with Gasteiger partial charge in [-0.05, 0) is 0 Å². The van der Waals surface area contributed by atoms with Crippen molar-refractivity contribution in [2.45, 2.75) is 0 Å². The van der Waals surface area contributed by atoms with Gasteiger partial charge in [0.1, 0.15) is 0 Å². The Morgan fingerprint density at radius 1 is 0.774 bits per heavy atom. The normalized spacial score (nSPS) is 15.7. The minimum atomic E-state index is -0.227. The van der Waals surface area contributed by atoms with Crippen molar-refractivity contribution in [1.82, 2.24) is 4.98 Å². The molecule has 0 radical (unpaired) electrons. The number of rotatable bonds is 2. The molecular weight excluding hydrogens is 518 g/mol. The fourth-order valence-corrected chi connectivity index (χ4v) is 8.19. The summed E-state index contributed by atoms with van der Waals surface area (Å²) in [4.78, 5) is 31.8. The van der Waals surface area contributed by atoms with Crippen LogP contribution in [0.2, 0.25) is 0 Å². The second-order valence-electron chi connectivity index (χ2n) is 7.19. The summed E-state index contributed by atoms with van der Waals surface area (Å²) in [5.74, 6) is -0.432. The maximum absolute atomic E-state index is 12.7. The molecule has 6 heteroatoms. The Balaban J connectivity index is 1.43. The van der Waals surface area contributed by atoms with Crippen LogP contribution >= 0.6 is 0 Å². The van der Waals surface area contributed by atoms with Crippen LogP contribution in [0.25, 0.3) is 6.08 Å². The Kier molecular flexibility index (Phi) is 4.41. The molecule has 0 saturated carbocycles. The predicted octanol–water partition coefficient (Wildman–Crippen LogP) is 3.04. The molecule has 31 heavy (non-hydrogen) atoms. The van der Waals surface area contributed by atoms with E-state index >= 15 is 0 Å². The first-order valence-corrected chi connectivity index (χ1v) is 13.1. The molecule has 0 bridgehead atoms. The molecule has 0 N–H and O–H groups in total. The summed E-state index contributed by atoms with van der Waals surface area (Å²) in [5.41, 5.74) is 3.55. The number of carbonyl (C=O) groups excluding carboxylic acids is 2. The summed E-state index contributed by atoms with van der Waals surface area (Å²) in [7, 11) is 0. The molecule has 2 aromatic heterocycles. The standard InChI is InChI=1S/C25H14N2O2Se2/c28-24-16-11-12-26-14-18(16)25(29)17(24)13-15-9-10-23(30-15)27-19-5-1-3-7-21(19)31-22-8-4-2-6-20(22)27/h1-14H/b17-13+. The van der Waals surface area contributed by atoms with E-state index in [1.165, 1.54) is 31.1 Å².